The Morgan fingerprint density at radius 3 is 2.62 bits per heavy atom. The van der Waals surface area contributed by atoms with Crippen LogP contribution < -0.4 is 16.6 Å². The highest BCUT2D eigenvalue weighted by Crippen LogP contribution is 2.30. The number of hydrogen-bond donors (Lipinski definition) is 3. The van der Waals surface area contributed by atoms with E-state index in [1.807, 2.05) is 0 Å². The van der Waals surface area contributed by atoms with Crippen LogP contribution in [0.1, 0.15) is 0 Å². The van der Waals surface area contributed by atoms with Crippen LogP contribution in [0.4, 0.5) is 31.8 Å². The van der Waals surface area contributed by atoms with Crippen LogP contribution in [0.2, 0.25) is 0 Å². The summed E-state index contributed by atoms with van der Waals surface area (Å²) < 4.78 is 26.8. The second-order valence-electron chi connectivity index (χ2n) is 3.84. The number of benzene rings is 1. The summed E-state index contributed by atoms with van der Waals surface area (Å²) in [4.78, 5) is 14.1. The van der Waals surface area contributed by atoms with Crippen molar-refractivity contribution in [1.82, 2.24) is 4.98 Å². The Hall–Kier alpha value is -2.33. The van der Waals surface area contributed by atoms with E-state index in [1.165, 1.54) is 6.07 Å². The van der Waals surface area contributed by atoms with Gasteiger partial charge in [0.1, 0.15) is 17.5 Å². The van der Waals surface area contributed by atoms with Crippen LogP contribution in [0.25, 0.3) is 0 Å². The van der Waals surface area contributed by atoms with Crippen LogP contribution in [0.15, 0.2) is 28.7 Å². The first kappa shape index (κ1) is 15.1. The number of nitrogens with two attached hydrogens (primary N) is 1. The van der Waals surface area contributed by atoms with Crippen molar-refractivity contribution in [3.63, 3.8) is 0 Å². The fraction of sp³-hybridized carbons (Fsp3) is 0. The molecule has 0 aliphatic rings. The highest BCUT2D eigenvalue weighted by molar-refractivity contribution is 9.10. The predicted octanol–water partition coefficient (Wildman–Crippen LogP) is 3.06. The van der Waals surface area contributed by atoms with E-state index in [0.29, 0.717) is 6.07 Å². The number of hydrazine groups is 1. The van der Waals surface area contributed by atoms with Gasteiger partial charge in [-0.25, -0.2) is 19.6 Å². The highest BCUT2D eigenvalue weighted by atomic mass is 79.9. The number of aromatic nitrogens is 1. The van der Waals surface area contributed by atoms with Gasteiger partial charge in [-0.2, -0.15) is 0 Å². The first-order valence-corrected chi connectivity index (χ1v) is 6.25. The zero-order valence-electron chi connectivity index (χ0n) is 10.2. The van der Waals surface area contributed by atoms with Gasteiger partial charge in [0.15, 0.2) is 0 Å². The lowest BCUT2D eigenvalue weighted by Crippen LogP contribution is -2.10. The molecule has 4 N–H and O–H groups in total. The molecule has 10 heteroatoms. The van der Waals surface area contributed by atoms with E-state index in [1.54, 1.807) is 0 Å². The van der Waals surface area contributed by atoms with E-state index < -0.39 is 16.6 Å². The second-order valence-corrected chi connectivity index (χ2v) is 4.69. The summed E-state index contributed by atoms with van der Waals surface area (Å²) >= 11 is 2.90. The number of hydrogen-bond acceptors (Lipinski definition) is 6. The summed E-state index contributed by atoms with van der Waals surface area (Å²) in [6.45, 7) is 0. The van der Waals surface area contributed by atoms with E-state index in [9.17, 15) is 18.9 Å². The average Bonchev–Trinajstić information content (AvgIpc) is 2.44. The van der Waals surface area contributed by atoms with E-state index >= 15 is 0 Å². The van der Waals surface area contributed by atoms with E-state index in [4.69, 9.17) is 5.84 Å². The fourth-order valence-corrected chi connectivity index (χ4v) is 1.86. The molecule has 0 spiro atoms. The summed E-state index contributed by atoms with van der Waals surface area (Å²) in [6, 6.07) is 4.20. The van der Waals surface area contributed by atoms with Gasteiger partial charge < -0.3 is 10.7 Å². The number of pyridine rings is 1. The number of halogens is 3. The molecule has 0 saturated carbocycles. The summed E-state index contributed by atoms with van der Waals surface area (Å²) in [5, 5.41) is 13.4. The second kappa shape index (κ2) is 5.97. The van der Waals surface area contributed by atoms with Crippen LogP contribution >= 0.6 is 15.9 Å². The average molecular weight is 360 g/mol. The van der Waals surface area contributed by atoms with Crippen molar-refractivity contribution in [3.8, 4) is 0 Å². The van der Waals surface area contributed by atoms with Crippen molar-refractivity contribution < 1.29 is 13.7 Å². The zero-order valence-corrected chi connectivity index (χ0v) is 11.8. The first-order valence-electron chi connectivity index (χ1n) is 5.46. The number of nitrogen functional groups attached to an aromatic ring is 1. The van der Waals surface area contributed by atoms with Crippen molar-refractivity contribution in [3.05, 3.63) is 50.5 Å². The molecule has 0 unspecified atom stereocenters. The maximum atomic E-state index is 13.7. The lowest BCUT2D eigenvalue weighted by molar-refractivity contribution is -0.384. The Morgan fingerprint density at radius 1 is 1.29 bits per heavy atom. The maximum Gasteiger partial charge on any atom is 0.311 e. The molecule has 21 heavy (non-hydrogen) atoms. The van der Waals surface area contributed by atoms with Gasteiger partial charge in [0.05, 0.1) is 15.1 Å². The molecule has 0 aliphatic heterocycles. The third-order valence-electron chi connectivity index (χ3n) is 2.48. The number of nitrogens with one attached hydrogen (secondary N) is 2. The number of nitrogens with zero attached hydrogens (tertiary/aromatic N) is 2. The predicted molar refractivity (Wildman–Crippen MR) is 76.0 cm³/mol. The highest BCUT2D eigenvalue weighted by Gasteiger charge is 2.18. The Morgan fingerprint density at radius 2 is 2.00 bits per heavy atom. The van der Waals surface area contributed by atoms with E-state index in [2.05, 4.69) is 31.7 Å². The summed E-state index contributed by atoms with van der Waals surface area (Å²) in [6.07, 6.45) is 0. The molecule has 0 amide bonds. The molecule has 1 aromatic heterocycles. The van der Waals surface area contributed by atoms with Crippen LogP contribution in [-0.2, 0) is 0 Å². The van der Waals surface area contributed by atoms with Gasteiger partial charge in [-0.1, -0.05) is 0 Å². The molecule has 1 aromatic carbocycles. The van der Waals surface area contributed by atoms with Gasteiger partial charge in [0, 0.05) is 12.1 Å². The molecule has 7 nitrogen and oxygen atoms in total. The Kier molecular flexibility index (Phi) is 4.29. The molecule has 0 atom stereocenters. The van der Waals surface area contributed by atoms with Crippen molar-refractivity contribution >= 4 is 38.9 Å². The maximum absolute atomic E-state index is 13.7. The van der Waals surface area contributed by atoms with Crippen LogP contribution in [0.5, 0.6) is 0 Å². The summed E-state index contributed by atoms with van der Waals surface area (Å²) in [5.41, 5.74) is 1.66. The number of rotatable bonds is 4. The Labute approximate surface area is 125 Å². The van der Waals surface area contributed by atoms with Crippen molar-refractivity contribution in [1.29, 1.82) is 0 Å². The normalized spacial score (nSPS) is 10.3. The molecule has 0 bridgehead atoms. The molecule has 0 saturated heterocycles. The Balaban J connectivity index is 2.47. The first-order chi connectivity index (χ1) is 9.92. The lowest BCUT2D eigenvalue weighted by Gasteiger charge is -2.09. The topological polar surface area (TPSA) is 106 Å². The number of nitro groups is 1. The molecule has 1 heterocycles. The van der Waals surface area contributed by atoms with E-state index in [-0.39, 0.29) is 27.5 Å². The molecule has 0 fully saturated rings. The minimum Gasteiger partial charge on any atom is -0.332 e. The molecule has 2 rings (SSSR count). The van der Waals surface area contributed by atoms with Crippen molar-refractivity contribution in [2.24, 2.45) is 5.84 Å². The molecular formula is C11H8BrF2N5O2. The molecule has 0 aliphatic carbocycles. The van der Waals surface area contributed by atoms with Gasteiger partial charge in [0.2, 0.25) is 5.82 Å². The fourth-order valence-electron chi connectivity index (χ4n) is 1.52. The van der Waals surface area contributed by atoms with Crippen molar-refractivity contribution in [2.75, 3.05) is 10.7 Å². The minimum absolute atomic E-state index is 0.00200. The largest absolute Gasteiger partial charge is 0.332 e. The zero-order chi connectivity index (χ0) is 15.6. The van der Waals surface area contributed by atoms with Gasteiger partial charge >= 0.3 is 5.69 Å². The van der Waals surface area contributed by atoms with E-state index in [0.717, 1.165) is 12.1 Å². The third-order valence-corrected chi connectivity index (χ3v) is 3.09. The van der Waals surface area contributed by atoms with Crippen LogP contribution in [-0.4, -0.2) is 9.91 Å². The van der Waals surface area contributed by atoms with Crippen LogP contribution in [0, 0.1) is 21.7 Å². The van der Waals surface area contributed by atoms with Gasteiger partial charge in [-0.05, 0) is 28.1 Å². The van der Waals surface area contributed by atoms with Gasteiger partial charge in [-0.3, -0.25) is 10.1 Å². The molecule has 2 aromatic rings. The lowest BCUT2D eigenvalue weighted by atomic mass is 10.3. The summed E-state index contributed by atoms with van der Waals surface area (Å²) in [7, 11) is 0. The SMILES string of the molecule is NNc1ccc([N+](=O)[O-])c(Nc2cc(Br)c(F)cc2F)n1. The Bertz CT molecular complexity index is 713. The quantitative estimate of drug-likeness (QED) is 0.335. The molecule has 110 valence electrons. The molecule has 0 radical (unpaired) electrons. The standard InChI is InChI=1S/C11H8BrF2N5O2/c12-5-3-8(7(14)4-6(5)13)16-11-9(19(20)21)1-2-10(17-11)18-15/h1-4H,15H2,(H2,16,17,18). The van der Waals surface area contributed by atoms with Gasteiger partial charge in [-0.15, -0.1) is 0 Å². The third kappa shape index (κ3) is 3.23. The minimum atomic E-state index is -0.919. The van der Waals surface area contributed by atoms with Crippen LogP contribution in [0.3, 0.4) is 0 Å². The summed E-state index contributed by atoms with van der Waals surface area (Å²) in [5.74, 6) is 3.37. The monoisotopic (exact) mass is 359 g/mol. The molecular weight excluding hydrogens is 352 g/mol. The smallest absolute Gasteiger partial charge is 0.311 e. The number of anilines is 3. The van der Waals surface area contributed by atoms with Crippen molar-refractivity contribution in [2.45, 2.75) is 0 Å². The van der Waals surface area contributed by atoms with Gasteiger partial charge in [0.25, 0.3) is 0 Å².